The van der Waals surface area contributed by atoms with Crippen molar-refractivity contribution in [2.75, 3.05) is 32.4 Å². The molecule has 1 saturated heterocycles. The van der Waals surface area contributed by atoms with Gasteiger partial charge < -0.3 is 4.90 Å². The van der Waals surface area contributed by atoms with Gasteiger partial charge in [-0.3, -0.25) is 0 Å². The lowest BCUT2D eigenvalue weighted by atomic mass is 10.2. The number of aliphatic imine (C=N–C) groups is 1. The molecule has 21 heavy (non-hydrogen) atoms. The van der Waals surface area contributed by atoms with Crippen molar-refractivity contribution in [3.05, 3.63) is 24.4 Å². The van der Waals surface area contributed by atoms with E-state index in [0.717, 1.165) is 6.20 Å². The van der Waals surface area contributed by atoms with Crippen LogP contribution in [0, 0.1) is 0 Å². The number of hydrogen-bond donors (Lipinski definition) is 0. The van der Waals surface area contributed by atoms with Gasteiger partial charge in [0.2, 0.25) is 10.0 Å². The quantitative estimate of drug-likeness (QED) is 0.450. The van der Waals surface area contributed by atoms with E-state index in [-0.39, 0.29) is 5.57 Å². The van der Waals surface area contributed by atoms with Gasteiger partial charge >= 0.3 is 0 Å². The van der Waals surface area contributed by atoms with Crippen molar-refractivity contribution in [1.29, 1.82) is 0 Å². The third-order valence-corrected chi connectivity index (χ3v) is 4.70. The summed E-state index contributed by atoms with van der Waals surface area (Å²) in [5, 5.41) is 0. The number of amidine groups is 1. The Bertz CT molecular complexity index is 548. The molecular formula is C13H21F2N3O2S. The van der Waals surface area contributed by atoms with E-state index in [1.54, 1.807) is 6.92 Å². The summed E-state index contributed by atoms with van der Waals surface area (Å²) in [5.41, 5.74) is -0.188. The van der Waals surface area contributed by atoms with E-state index in [1.807, 2.05) is 4.90 Å². The highest BCUT2D eigenvalue weighted by Crippen LogP contribution is 2.24. The van der Waals surface area contributed by atoms with Crippen LogP contribution in [0.2, 0.25) is 0 Å². The molecule has 1 aliphatic rings. The largest absolute Gasteiger partial charge is 0.358 e. The summed E-state index contributed by atoms with van der Waals surface area (Å²) >= 11 is 0. The van der Waals surface area contributed by atoms with Crippen molar-refractivity contribution in [2.45, 2.75) is 19.8 Å². The molecule has 0 aliphatic carbocycles. The highest BCUT2D eigenvalue weighted by atomic mass is 32.2. The predicted molar refractivity (Wildman–Crippen MR) is 80.0 cm³/mol. The fourth-order valence-corrected chi connectivity index (χ4v) is 2.69. The molecule has 0 amide bonds. The average molecular weight is 321 g/mol. The average Bonchev–Trinajstić information content (AvgIpc) is 2.43. The van der Waals surface area contributed by atoms with Gasteiger partial charge in [-0.2, -0.15) is 13.1 Å². The molecule has 8 heteroatoms. The fraction of sp³-hybridized carbons (Fsp3) is 0.615. The molecule has 0 saturated carbocycles. The van der Waals surface area contributed by atoms with Crippen LogP contribution in [0.5, 0.6) is 0 Å². The summed E-state index contributed by atoms with van der Waals surface area (Å²) in [6.07, 6.45) is 2.88. The monoisotopic (exact) mass is 321 g/mol. The highest BCUT2D eigenvalue weighted by Gasteiger charge is 2.27. The normalized spacial score (nSPS) is 19.8. The zero-order valence-electron chi connectivity index (χ0n) is 12.5. The van der Waals surface area contributed by atoms with Gasteiger partial charge in [-0.1, -0.05) is 6.58 Å². The molecule has 1 aliphatic heterocycles. The number of halogens is 2. The van der Waals surface area contributed by atoms with Crippen LogP contribution in [0.15, 0.2) is 29.4 Å². The van der Waals surface area contributed by atoms with Crippen molar-refractivity contribution in [1.82, 2.24) is 9.21 Å². The SMILES string of the molecule is C=CC(F)(F)/C(C)=C/N=C(C)N1CCN(S(C)(=O)=O)CC1. The summed E-state index contributed by atoms with van der Waals surface area (Å²) < 4.78 is 50.7. The summed E-state index contributed by atoms with van der Waals surface area (Å²) in [5.74, 6) is -2.49. The van der Waals surface area contributed by atoms with Crippen LogP contribution in [0.25, 0.3) is 0 Å². The maximum atomic E-state index is 13.3. The molecule has 0 radical (unpaired) electrons. The lowest BCUT2D eigenvalue weighted by Gasteiger charge is -2.34. The second-order valence-corrected chi connectivity index (χ2v) is 6.95. The first-order valence-electron chi connectivity index (χ1n) is 6.51. The number of piperazine rings is 1. The van der Waals surface area contributed by atoms with Gasteiger partial charge in [-0.15, -0.1) is 0 Å². The summed E-state index contributed by atoms with van der Waals surface area (Å²) in [6, 6.07) is 0. The van der Waals surface area contributed by atoms with Crippen LogP contribution in [0.1, 0.15) is 13.8 Å². The van der Waals surface area contributed by atoms with E-state index < -0.39 is 15.9 Å². The van der Waals surface area contributed by atoms with E-state index in [2.05, 4.69) is 11.6 Å². The minimum Gasteiger partial charge on any atom is -0.358 e. The van der Waals surface area contributed by atoms with Crippen LogP contribution in [0.3, 0.4) is 0 Å². The maximum Gasteiger partial charge on any atom is 0.289 e. The molecule has 0 aromatic heterocycles. The molecule has 0 unspecified atom stereocenters. The van der Waals surface area contributed by atoms with Crippen molar-refractivity contribution in [2.24, 2.45) is 4.99 Å². The first-order chi connectivity index (χ1) is 9.58. The minimum absolute atomic E-state index is 0.188. The molecule has 0 aromatic carbocycles. The Hall–Kier alpha value is -1.28. The third-order valence-electron chi connectivity index (χ3n) is 3.39. The van der Waals surface area contributed by atoms with Crippen molar-refractivity contribution < 1.29 is 17.2 Å². The van der Waals surface area contributed by atoms with Gasteiger partial charge in [-0.05, 0) is 19.9 Å². The standard InChI is InChI=1S/C13H21F2N3O2S/c1-5-13(14,15)11(2)10-16-12(3)17-6-8-18(9-7-17)21(4,19)20/h5,10H,1,6-9H2,2-4H3/b11-10+,16-12?. The molecule has 1 fully saturated rings. The van der Waals surface area contributed by atoms with E-state index in [1.165, 1.54) is 17.5 Å². The van der Waals surface area contributed by atoms with Crippen LogP contribution in [-0.4, -0.2) is 61.8 Å². The Morgan fingerprint density at radius 2 is 1.76 bits per heavy atom. The van der Waals surface area contributed by atoms with Crippen molar-refractivity contribution in [3.8, 4) is 0 Å². The number of hydrogen-bond acceptors (Lipinski definition) is 3. The molecule has 0 atom stereocenters. The zero-order valence-corrected chi connectivity index (χ0v) is 13.3. The first-order valence-corrected chi connectivity index (χ1v) is 8.36. The van der Waals surface area contributed by atoms with E-state index >= 15 is 0 Å². The second-order valence-electron chi connectivity index (χ2n) is 4.96. The fourth-order valence-electron chi connectivity index (χ4n) is 1.86. The van der Waals surface area contributed by atoms with Gasteiger partial charge in [0.15, 0.2) is 0 Å². The van der Waals surface area contributed by atoms with Crippen molar-refractivity contribution >= 4 is 15.9 Å². The Morgan fingerprint density at radius 1 is 1.24 bits per heavy atom. The highest BCUT2D eigenvalue weighted by molar-refractivity contribution is 7.88. The van der Waals surface area contributed by atoms with Crippen LogP contribution in [0.4, 0.5) is 8.78 Å². The molecule has 0 bridgehead atoms. The van der Waals surface area contributed by atoms with Gasteiger partial charge in [-0.25, -0.2) is 13.4 Å². The Labute approximate surface area is 124 Å². The van der Waals surface area contributed by atoms with Crippen LogP contribution >= 0.6 is 0 Å². The summed E-state index contributed by atoms with van der Waals surface area (Å²) in [7, 11) is -3.18. The molecule has 0 spiro atoms. The smallest absolute Gasteiger partial charge is 0.289 e. The molecule has 120 valence electrons. The number of allylic oxidation sites excluding steroid dienone is 2. The number of alkyl halides is 2. The van der Waals surface area contributed by atoms with Crippen molar-refractivity contribution in [3.63, 3.8) is 0 Å². The lowest BCUT2D eigenvalue weighted by molar-refractivity contribution is 0.0973. The first kappa shape index (κ1) is 17.8. The lowest BCUT2D eigenvalue weighted by Crippen LogP contribution is -2.49. The molecule has 1 rings (SSSR count). The Kier molecular flexibility index (Phi) is 5.63. The van der Waals surface area contributed by atoms with Crippen LogP contribution < -0.4 is 0 Å². The number of sulfonamides is 1. The zero-order chi connectivity index (χ0) is 16.3. The second kappa shape index (κ2) is 6.65. The summed E-state index contributed by atoms with van der Waals surface area (Å²) in [4.78, 5) is 5.91. The van der Waals surface area contributed by atoms with E-state index in [4.69, 9.17) is 0 Å². The molecule has 0 N–H and O–H groups in total. The predicted octanol–water partition coefficient (Wildman–Crippen LogP) is 1.71. The van der Waals surface area contributed by atoms with Gasteiger partial charge in [0, 0.05) is 38.0 Å². The van der Waals surface area contributed by atoms with Crippen LogP contribution in [-0.2, 0) is 10.0 Å². The van der Waals surface area contributed by atoms with E-state index in [0.29, 0.717) is 38.1 Å². The number of rotatable bonds is 4. The van der Waals surface area contributed by atoms with Gasteiger partial charge in [0.25, 0.3) is 5.92 Å². The Balaban J connectivity index is 2.70. The van der Waals surface area contributed by atoms with Gasteiger partial charge in [0.05, 0.1) is 6.26 Å². The van der Waals surface area contributed by atoms with E-state index in [9.17, 15) is 17.2 Å². The molecule has 1 heterocycles. The molecule has 0 aromatic rings. The maximum absolute atomic E-state index is 13.3. The summed E-state index contributed by atoms with van der Waals surface area (Å²) in [6.45, 7) is 7.83. The number of nitrogens with zero attached hydrogens (tertiary/aromatic N) is 3. The molecule has 5 nitrogen and oxygen atoms in total. The third kappa shape index (κ3) is 4.89. The topological polar surface area (TPSA) is 53.0 Å². The minimum atomic E-state index is -3.18. The van der Waals surface area contributed by atoms with Gasteiger partial charge in [0.1, 0.15) is 5.84 Å². The molecular weight excluding hydrogens is 300 g/mol. The Morgan fingerprint density at radius 3 is 2.19 bits per heavy atom.